The predicted octanol–water partition coefficient (Wildman–Crippen LogP) is 0.885. The molecule has 0 radical (unpaired) electrons. The number of hydrogen-bond acceptors (Lipinski definition) is 9. The van der Waals surface area contributed by atoms with E-state index >= 15 is 0 Å². The number of anilines is 1. The van der Waals surface area contributed by atoms with Crippen molar-refractivity contribution >= 4 is 40.4 Å². The minimum Gasteiger partial charge on any atom is -0.477 e. The molecule has 1 N–H and O–H groups in total. The SMILES string of the molecule is Cc1cc(N2CC3(CN(C)C(=O)O3)C2)nc2c1c(=O)c(C(=O)O)cn2-c1ncns1. The first kappa shape index (κ1) is 18.5. The molecular formula is C18H16N6O5S. The van der Waals surface area contributed by atoms with Crippen LogP contribution in [0.15, 0.2) is 23.4 Å². The Hall–Kier alpha value is -3.54. The number of likely N-dealkylation sites (N-methyl/N-ethyl adjacent to an activating group) is 1. The van der Waals surface area contributed by atoms with Crippen LogP contribution in [0, 0.1) is 6.92 Å². The maximum atomic E-state index is 12.8. The molecule has 5 heterocycles. The zero-order chi connectivity index (χ0) is 21.2. The summed E-state index contributed by atoms with van der Waals surface area (Å²) in [5.41, 5.74) is -0.607. The standard InChI is InChI=1S/C18H16N6O5S/c1-9-3-11(23-6-18(7-23)5-22(2)17(28)29-18)21-14-12(9)13(25)10(15(26)27)4-24(14)16-19-8-20-30-16/h3-4,8H,5-7H2,1-2H3,(H,26,27). The first-order valence-corrected chi connectivity index (χ1v) is 9.82. The van der Waals surface area contributed by atoms with Crippen molar-refractivity contribution in [2.24, 2.45) is 0 Å². The van der Waals surface area contributed by atoms with Crippen LogP contribution in [0.4, 0.5) is 10.6 Å². The van der Waals surface area contributed by atoms with Crippen molar-refractivity contribution in [2.75, 3.05) is 31.6 Å². The number of carboxylic acid groups (broad SMARTS) is 1. The lowest BCUT2D eigenvalue weighted by Gasteiger charge is -2.46. The van der Waals surface area contributed by atoms with E-state index in [4.69, 9.17) is 4.74 Å². The first-order valence-electron chi connectivity index (χ1n) is 9.04. The summed E-state index contributed by atoms with van der Waals surface area (Å²) in [6.07, 6.45) is 2.24. The maximum Gasteiger partial charge on any atom is 0.410 e. The molecule has 2 aliphatic heterocycles. The fourth-order valence-corrected chi connectivity index (χ4v) is 4.49. The molecule has 0 atom stereocenters. The Balaban J connectivity index is 1.63. The van der Waals surface area contributed by atoms with Gasteiger partial charge in [-0.1, -0.05) is 0 Å². The Morgan fingerprint density at radius 3 is 2.67 bits per heavy atom. The van der Waals surface area contributed by atoms with Gasteiger partial charge in [0.05, 0.1) is 25.0 Å². The monoisotopic (exact) mass is 428 g/mol. The average molecular weight is 428 g/mol. The summed E-state index contributed by atoms with van der Waals surface area (Å²) in [5.74, 6) is -0.711. The van der Waals surface area contributed by atoms with Gasteiger partial charge in [0.25, 0.3) is 0 Å². The number of aryl methyl sites for hydroxylation is 1. The lowest BCUT2D eigenvalue weighted by atomic mass is 9.94. The van der Waals surface area contributed by atoms with Crippen molar-refractivity contribution in [2.45, 2.75) is 12.5 Å². The van der Waals surface area contributed by atoms with Crippen LogP contribution in [0.25, 0.3) is 16.2 Å². The highest BCUT2D eigenvalue weighted by molar-refractivity contribution is 7.08. The van der Waals surface area contributed by atoms with E-state index in [2.05, 4.69) is 14.3 Å². The van der Waals surface area contributed by atoms with Gasteiger partial charge in [0.15, 0.2) is 11.2 Å². The van der Waals surface area contributed by atoms with Gasteiger partial charge >= 0.3 is 12.1 Å². The van der Waals surface area contributed by atoms with Gasteiger partial charge in [0, 0.05) is 24.8 Å². The first-order chi connectivity index (χ1) is 14.3. The molecule has 154 valence electrons. The number of rotatable bonds is 3. The van der Waals surface area contributed by atoms with Crippen LogP contribution < -0.4 is 10.3 Å². The number of carbonyl (C=O) groups excluding carboxylic acids is 1. The second-order valence-corrected chi connectivity index (χ2v) is 8.29. The number of aromatic carboxylic acids is 1. The number of carbonyl (C=O) groups is 2. The molecule has 0 aliphatic carbocycles. The molecule has 2 fully saturated rings. The van der Waals surface area contributed by atoms with E-state index in [1.165, 1.54) is 22.0 Å². The number of pyridine rings is 2. The number of aromatic nitrogens is 4. The fourth-order valence-electron chi connectivity index (χ4n) is 3.98. The molecule has 2 aliphatic rings. The van der Waals surface area contributed by atoms with E-state index in [0.29, 0.717) is 41.8 Å². The van der Waals surface area contributed by atoms with E-state index < -0.39 is 17.0 Å². The van der Waals surface area contributed by atoms with Crippen molar-refractivity contribution in [3.05, 3.63) is 39.9 Å². The molecule has 3 aromatic heterocycles. The van der Waals surface area contributed by atoms with E-state index in [1.807, 2.05) is 4.90 Å². The molecular weight excluding hydrogens is 412 g/mol. The summed E-state index contributed by atoms with van der Waals surface area (Å²) in [4.78, 5) is 48.4. The minimum atomic E-state index is -1.32. The van der Waals surface area contributed by atoms with Gasteiger partial charge in [-0.15, -0.1) is 0 Å². The topological polar surface area (TPSA) is 131 Å². The maximum absolute atomic E-state index is 12.8. The Morgan fingerprint density at radius 1 is 1.30 bits per heavy atom. The predicted molar refractivity (Wildman–Crippen MR) is 107 cm³/mol. The Labute approximate surface area is 173 Å². The van der Waals surface area contributed by atoms with Gasteiger partial charge in [-0.05, 0) is 18.6 Å². The van der Waals surface area contributed by atoms with Gasteiger partial charge < -0.3 is 19.6 Å². The molecule has 1 spiro atoms. The Bertz CT molecular complexity index is 1260. The third kappa shape index (κ3) is 2.64. The highest BCUT2D eigenvalue weighted by atomic mass is 32.1. The second kappa shape index (κ2) is 6.23. The molecule has 1 amide bonds. The van der Waals surface area contributed by atoms with Gasteiger partial charge in [-0.3, -0.25) is 9.36 Å². The number of nitrogens with zero attached hydrogens (tertiary/aromatic N) is 6. The zero-order valence-corrected chi connectivity index (χ0v) is 16.8. The lowest BCUT2D eigenvalue weighted by molar-refractivity contribution is 0.0328. The number of carboxylic acids is 1. The van der Waals surface area contributed by atoms with Crippen LogP contribution >= 0.6 is 11.5 Å². The summed E-state index contributed by atoms with van der Waals surface area (Å²) in [6.45, 7) is 3.21. The normalized spacial score (nSPS) is 17.5. The van der Waals surface area contributed by atoms with Gasteiger partial charge in [0.1, 0.15) is 17.7 Å². The van der Waals surface area contributed by atoms with Crippen LogP contribution in [0.3, 0.4) is 0 Å². The summed E-state index contributed by atoms with van der Waals surface area (Å²) in [6, 6.07) is 1.74. The molecule has 0 bridgehead atoms. The van der Waals surface area contributed by atoms with E-state index in [9.17, 15) is 19.5 Å². The van der Waals surface area contributed by atoms with Crippen LogP contribution in [-0.2, 0) is 4.74 Å². The summed E-state index contributed by atoms with van der Waals surface area (Å²) >= 11 is 1.06. The van der Waals surface area contributed by atoms with Crippen LogP contribution in [0.1, 0.15) is 15.9 Å². The second-order valence-electron chi connectivity index (χ2n) is 7.53. The van der Waals surface area contributed by atoms with Crippen molar-refractivity contribution in [1.82, 2.24) is 23.8 Å². The van der Waals surface area contributed by atoms with Gasteiger partial charge in [-0.2, -0.15) is 4.37 Å². The summed E-state index contributed by atoms with van der Waals surface area (Å²) < 4.78 is 10.9. The van der Waals surface area contributed by atoms with Crippen LogP contribution in [0.5, 0.6) is 0 Å². The fraction of sp³-hybridized carbons (Fsp3) is 0.333. The van der Waals surface area contributed by atoms with Gasteiger partial charge in [0.2, 0.25) is 10.6 Å². The molecule has 12 heteroatoms. The molecule has 3 aromatic rings. The third-order valence-corrected chi connectivity index (χ3v) is 6.02. The number of hydrogen-bond donors (Lipinski definition) is 1. The van der Waals surface area contributed by atoms with Crippen molar-refractivity contribution < 1.29 is 19.4 Å². The quantitative estimate of drug-likeness (QED) is 0.646. The van der Waals surface area contributed by atoms with Crippen LogP contribution in [0.2, 0.25) is 0 Å². The molecule has 11 nitrogen and oxygen atoms in total. The molecule has 5 rings (SSSR count). The highest BCUT2D eigenvalue weighted by Gasteiger charge is 2.53. The third-order valence-electron chi connectivity index (χ3n) is 5.35. The minimum absolute atomic E-state index is 0.219. The molecule has 0 saturated carbocycles. The zero-order valence-electron chi connectivity index (χ0n) is 16.0. The molecule has 0 aromatic carbocycles. The average Bonchev–Trinajstić information content (AvgIpc) is 3.28. The summed E-state index contributed by atoms with van der Waals surface area (Å²) in [5, 5.41) is 10.1. The van der Waals surface area contributed by atoms with Crippen molar-refractivity contribution in [3.63, 3.8) is 0 Å². The van der Waals surface area contributed by atoms with Crippen LogP contribution in [-0.4, -0.2) is 73.3 Å². The number of ether oxygens (including phenoxy) is 1. The Morgan fingerprint density at radius 2 is 2.07 bits per heavy atom. The lowest BCUT2D eigenvalue weighted by Crippen LogP contribution is -2.64. The van der Waals surface area contributed by atoms with Crippen molar-refractivity contribution in [1.29, 1.82) is 0 Å². The summed E-state index contributed by atoms with van der Waals surface area (Å²) in [7, 11) is 1.69. The molecule has 2 saturated heterocycles. The molecule has 0 unspecified atom stereocenters. The largest absolute Gasteiger partial charge is 0.477 e. The Kier molecular flexibility index (Phi) is 3.84. The highest BCUT2D eigenvalue weighted by Crippen LogP contribution is 2.35. The number of amides is 1. The van der Waals surface area contributed by atoms with Crippen molar-refractivity contribution in [3.8, 4) is 5.13 Å². The van der Waals surface area contributed by atoms with E-state index in [1.54, 1.807) is 20.0 Å². The molecule has 30 heavy (non-hydrogen) atoms. The smallest absolute Gasteiger partial charge is 0.410 e. The van der Waals surface area contributed by atoms with E-state index in [0.717, 1.165) is 11.5 Å². The van der Waals surface area contributed by atoms with E-state index in [-0.39, 0.29) is 17.0 Å². The van der Waals surface area contributed by atoms with Gasteiger partial charge in [-0.25, -0.2) is 19.6 Å². The number of fused-ring (bicyclic) bond motifs is 1.